The molecule has 0 aliphatic rings. The Bertz CT molecular complexity index is 429. The number of benzene rings is 1. The van der Waals surface area contributed by atoms with E-state index >= 15 is 0 Å². The molecule has 0 heterocycles. The van der Waals surface area contributed by atoms with Gasteiger partial charge >= 0.3 is 5.97 Å². The van der Waals surface area contributed by atoms with Crippen molar-refractivity contribution in [2.75, 3.05) is 27.2 Å². The maximum Gasteiger partial charge on any atom is 0.333 e. The van der Waals surface area contributed by atoms with Gasteiger partial charge in [0.2, 0.25) is 0 Å². The van der Waals surface area contributed by atoms with Crippen molar-refractivity contribution >= 4 is 5.97 Å². The van der Waals surface area contributed by atoms with Crippen LogP contribution in [0.3, 0.4) is 0 Å². The number of hydrogen-bond acceptors (Lipinski definition) is 2. The van der Waals surface area contributed by atoms with E-state index < -0.39 is 0 Å². The molecule has 0 bridgehead atoms. The predicted octanol–water partition coefficient (Wildman–Crippen LogP) is -0.224. The van der Waals surface area contributed by atoms with Crippen LogP contribution in [0.2, 0.25) is 0 Å². The highest BCUT2D eigenvalue weighted by molar-refractivity contribution is 5.86. The van der Waals surface area contributed by atoms with E-state index in [1.165, 1.54) is 5.56 Å². The summed E-state index contributed by atoms with van der Waals surface area (Å²) in [6, 6.07) is 10.4. The van der Waals surface area contributed by atoms with E-state index in [-0.39, 0.29) is 10.7 Å². The third kappa shape index (κ3) is 7.04. The topological polar surface area (TPSA) is 26.3 Å². The molecule has 0 radical (unpaired) electrons. The number of halogens is 1. The van der Waals surface area contributed by atoms with Gasteiger partial charge in [0, 0.05) is 17.6 Å². The molecule has 0 spiro atoms. The third-order valence-electron chi connectivity index (χ3n) is 2.94. The molecule has 0 atom stereocenters. The Labute approximate surface area is 120 Å². The first kappa shape index (κ1) is 18.3. The molecule has 0 aliphatic carbocycles. The van der Waals surface area contributed by atoms with E-state index in [1.807, 2.05) is 6.07 Å². The fourth-order valence-electron chi connectivity index (χ4n) is 1.94. The molecule has 0 aliphatic heterocycles. The molecule has 112 valence electrons. The largest absolute Gasteiger partial charge is 1.00 e. The minimum Gasteiger partial charge on any atom is -1.00 e. The van der Waals surface area contributed by atoms with E-state index in [0.29, 0.717) is 12.2 Å². The van der Waals surface area contributed by atoms with Crippen molar-refractivity contribution in [1.82, 2.24) is 0 Å². The number of rotatable bonds is 7. The van der Waals surface area contributed by atoms with Crippen LogP contribution in [-0.2, 0) is 16.1 Å². The van der Waals surface area contributed by atoms with Crippen molar-refractivity contribution in [3.8, 4) is 0 Å². The lowest BCUT2D eigenvalue weighted by Crippen LogP contribution is -3.00. The van der Waals surface area contributed by atoms with Crippen LogP contribution in [-0.4, -0.2) is 37.7 Å². The van der Waals surface area contributed by atoms with Gasteiger partial charge in [-0.05, 0) is 6.92 Å². The molecule has 20 heavy (non-hydrogen) atoms. The van der Waals surface area contributed by atoms with Gasteiger partial charge in [-0.1, -0.05) is 36.9 Å². The summed E-state index contributed by atoms with van der Waals surface area (Å²) in [5.41, 5.74) is 1.78. The summed E-state index contributed by atoms with van der Waals surface area (Å²) in [5.74, 6) is -0.298. The van der Waals surface area contributed by atoms with Crippen molar-refractivity contribution < 1.29 is 18.7 Å². The number of hydrogen-bond donors (Lipinski definition) is 0. The molecular weight excluding hydrogens is 257 g/mol. The molecule has 0 unspecified atom stereocenters. The smallest absolute Gasteiger partial charge is 0.333 e. The lowest BCUT2D eigenvalue weighted by atomic mass is 10.2. The highest BCUT2D eigenvalue weighted by atomic mass is 19.0. The Balaban J connectivity index is 0.00000361. The lowest BCUT2D eigenvalue weighted by Gasteiger charge is -2.29. The monoisotopic (exact) mass is 281 g/mol. The van der Waals surface area contributed by atoms with Crippen molar-refractivity contribution in [3.05, 3.63) is 48.0 Å². The third-order valence-corrected chi connectivity index (χ3v) is 2.94. The normalized spacial score (nSPS) is 10.6. The average molecular weight is 281 g/mol. The molecule has 0 saturated carbocycles. The summed E-state index contributed by atoms with van der Waals surface area (Å²) < 4.78 is 5.98. The van der Waals surface area contributed by atoms with Crippen LogP contribution in [0, 0.1) is 0 Å². The Kier molecular flexibility index (Phi) is 7.77. The van der Waals surface area contributed by atoms with Gasteiger partial charge in [0.1, 0.15) is 6.54 Å². The zero-order valence-electron chi connectivity index (χ0n) is 12.6. The first-order valence-electron chi connectivity index (χ1n) is 6.59. The average Bonchev–Trinajstić information content (AvgIpc) is 2.35. The Morgan fingerprint density at radius 2 is 1.85 bits per heavy atom. The van der Waals surface area contributed by atoms with Gasteiger partial charge in [0.15, 0.2) is 0 Å². The molecule has 4 heteroatoms. The second-order valence-corrected chi connectivity index (χ2v) is 5.57. The summed E-state index contributed by atoms with van der Waals surface area (Å²) in [4.78, 5) is 11.2. The van der Waals surface area contributed by atoms with Gasteiger partial charge in [-0.25, -0.2) is 4.79 Å². The number of carbonyl (C=O) groups is 1. The summed E-state index contributed by atoms with van der Waals surface area (Å²) in [5, 5.41) is 0. The van der Waals surface area contributed by atoms with E-state index in [1.54, 1.807) is 6.92 Å². The Morgan fingerprint density at radius 1 is 1.25 bits per heavy atom. The standard InChI is InChI=1S/C16H24NO2.FH/c1-14(2)16(18)19-12-8-11-17(3,4)13-15-9-6-5-7-10-15;/h5-7,9-10H,1,8,11-13H2,2-4H3;1H/q+1;/p-1. The second kappa shape index (κ2) is 8.48. The molecule has 0 aromatic heterocycles. The number of ether oxygens (including phenoxy) is 1. The van der Waals surface area contributed by atoms with Crippen LogP contribution in [0.1, 0.15) is 18.9 Å². The number of carbonyl (C=O) groups excluding carboxylic acids is 1. The van der Waals surface area contributed by atoms with Crippen molar-refractivity contribution in [3.63, 3.8) is 0 Å². The zero-order valence-corrected chi connectivity index (χ0v) is 12.6. The summed E-state index contributed by atoms with van der Waals surface area (Å²) >= 11 is 0. The molecule has 0 fully saturated rings. The molecule has 1 rings (SSSR count). The van der Waals surface area contributed by atoms with Gasteiger partial charge < -0.3 is 13.9 Å². The molecule has 1 aromatic carbocycles. The summed E-state index contributed by atoms with van der Waals surface area (Å²) in [6.45, 7) is 7.64. The minimum atomic E-state index is -0.298. The van der Waals surface area contributed by atoms with Crippen LogP contribution in [0.5, 0.6) is 0 Å². The lowest BCUT2D eigenvalue weighted by molar-refractivity contribution is -0.903. The summed E-state index contributed by atoms with van der Waals surface area (Å²) in [7, 11) is 4.38. The van der Waals surface area contributed by atoms with E-state index in [9.17, 15) is 4.79 Å². The molecule has 0 saturated heterocycles. The highest BCUT2D eigenvalue weighted by Gasteiger charge is 2.15. The fraction of sp³-hybridized carbons (Fsp3) is 0.438. The second-order valence-electron chi connectivity index (χ2n) is 5.57. The van der Waals surface area contributed by atoms with E-state index in [2.05, 4.69) is 44.9 Å². The van der Waals surface area contributed by atoms with Gasteiger partial charge in [0.25, 0.3) is 0 Å². The van der Waals surface area contributed by atoms with E-state index in [4.69, 9.17) is 4.74 Å². The van der Waals surface area contributed by atoms with Gasteiger partial charge in [0.05, 0.1) is 27.2 Å². The number of esters is 1. The quantitative estimate of drug-likeness (QED) is 0.299. The van der Waals surface area contributed by atoms with Crippen LogP contribution < -0.4 is 4.70 Å². The minimum absolute atomic E-state index is 0. The maximum atomic E-state index is 11.2. The SMILES string of the molecule is C=C(C)C(=O)OCCC[N+](C)(C)Cc1ccccc1.[F-]. The number of quaternary nitrogens is 1. The molecule has 1 aromatic rings. The van der Waals surface area contributed by atoms with Crippen molar-refractivity contribution in [2.24, 2.45) is 0 Å². The molecule has 0 amide bonds. The number of nitrogens with zero attached hydrogens (tertiary/aromatic N) is 1. The van der Waals surface area contributed by atoms with Gasteiger partial charge in [-0.3, -0.25) is 0 Å². The maximum absolute atomic E-state index is 11.2. The first-order valence-corrected chi connectivity index (χ1v) is 6.59. The Hall–Kier alpha value is -1.68. The summed E-state index contributed by atoms with van der Waals surface area (Å²) in [6.07, 6.45) is 0.860. The van der Waals surface area contributed by atoms with Crippen molar-refractivity contribution in [2.45, 2.75) is 19.9 Å². The molecule has 3 nitrogen and oxygen atoms in total. The fourth-order valence-corrected chi connectivity index (χ4v) is 1.94. The predicted molar refractivity (Wildman–Crippen MR) is 77.5 cm³/mol. The van der Waals surface area contributed by atoms with Gasteiger partial charge in [-0.15, -0.1) is 0 Å². The Morgan fingerprint density at radius 3 is 2.40 bits per heavy atom. The first-order chi connectivity index (χ1) is 8.91. The molecular formula is C16H24FNO2. The van der Waals surface area contributed by atoms with Gasteiger partial charge in [-0.2, -0.15) is 0 Å². The highest BCUT2D eigenvalue weighted by Crippen LogP contribution is 2.09. The van der Waals surface area contributed by atoms with Crippen molar-refractivity contribution in [1.29, 1.82) is 0 Å². The molecule has 0 N–H and O–H groups in total. The van der Waals surface area contributed by atoms with Crippen LogP contribution in [0.15, 0.2) is 42.5 Å². The zero-order chi connectivity index (χ0) is 14.3. The van der Waals surface area contributed by atoms with Crippen LogP contribution in [0.4, 0.5) is 0 Å². The van der Waals surface area contributed by atoms with Crippen LogP contribution >= 0.6 is 0 Å². The van der Waals surface area contributed by atoms with E-state index in [0.717, 1.165) is 24.0 Å². The van der Waals surface area contributed by atoms with Crippen LogP contribution in [0.25, 0.3) is 0 Å².